The topological polar surface area (TPSA) is 32.7 Å². The molecule has 0 aromatic heterocycles. The number of nitrogens with zero attached hydrogens (tertiary/aromatic N) is 2. The zero-order valence-electron chi connectivity index (χ0n) is 13.9. The van der Waals surface area contributed by atoms with Crippen molar-refractivity contribution in [2.24, 2.45) is 10.9 Å². The van der Waals surface area contributed by atoms with Crippen molar-refractivity contribution in [3.63, 3.8) is 0 Å². The minimum absolute atomic E-state index is 0.0667. The van der Waals surface area contributed by atoms with Gasteiger partial charge in [-0.1, -0.05) is 62.4 Å². The van der Waals surface area contributed by atoms with E-state index in [0.29, 0.717) is 5.92 Å². The maximum atomic E-state index is 12.8. The molecule has 0 N–H and O–H groups in total. The van der Waals surface area contributed by atoms with Crippen LogP contribution >= 0.6 is 0 Å². The Bertz CT molecular complexity index is 734. The summed E-state index contributed by atoms with van der Waals surface area (Å²) in [5.41, 5.74) is 3.90. The SMILES string of the molecule is CC(C)C[C@@H]1N=C(c2ccccc2)c2ccccc2N(C)C1=O. The van der Waals surface area contributed by atoms with Crippen molar-refractivity contribution in [2.75, 3.05) is 11.9 Å². The van der Waals surface area contributed by atoms with E-state index >= 15 is 0 Å². The number of benzodiazepines with no additional fused rings is 1. The molecule has 2 aromatic rings. The lowest BCUT2D eigenvalue weighted by Crippen LogP contribution is -2.35. The van der Waals surface area contributed by atoms with Gasteiger partial charge < -0.3 is 4.90 Å². The molecule has 118 valence electrons. The molecule has 1 atom stereocenters. The lowest BCUT2D eigenvalue weighted by molar-refractivity contribution is -0.119. The highest BCUT2D eigenvalue weighted by molar-refractivity contribution is 6.20. The fourth-order valence-electron chi connectivity index (χ4n) is 3.02. The van der Waals surface area contributed by atoms with Gasteiger partial charge in [-0.2, -0.15) is 0 Å². The number of hydrogen-bond acceptors (Lipinski definition) is 2. The number of likely N-dealkylation sites (N-methyl/N-ethyl adjacent to an activating group) is 1. The van der Waals surface area contributed by atoms with Crippen molar-refractivity contribution in [1.29, 1.82) is 0 Å². The van der Waals surface area contributed by atoms with Crippen LogP contribution < -0.4 is 4.90 Å². The molecule has 0 spiro atoms. The lowest BCUT2D eigenvalue weighted by Gasteiger charge is -2.21. The van der Waals surface area contributed by atoms with E-state index < -0.39 is 0 Å². The van der Waals surface area contributed by atoms with Gasteiger partial charge in [0.25, 0.3) is 5.91 Å². The zero-order chi connectivity index (χ0) is 16.4. The molecule has 1 heterocycles. The summed E-state index contributed by atoms with van der Waals surface area (Å²) in [6.45, 7) is 4.26. The maximum Gasteiger partial charge on any atom is 0.251 e. The van der Waals surface area contributed by atoms with Crippen LogP contribution in [0.2, 0.25) is 0 Å². The maximum absolute atomic E-state index is 12.8. The molecule has 1 aliphatic rings. The first-order chi connectivity index (χ1) is 11.1. The predicted molar refractivity (Wildman–Crippen MR) is 95.2 cm³/mol. The largest absolute Gasteiger partial charge is 0.313 e. The quantitative estimate of drug-likeness (QED) is 0.846. The molecule has 0 aliphatic carbocycles. The van der Waals surface area contributed by atoms with Crippen LogP contribution in [0.25, 0.3) is 0 Å². The molecule has 3 nitrogen and oxygen atoms in total. The number of amides is 1. The number of anilines is 1. The monoisotopic (exact) mass is 306 g/mol. The predicted octanol–water partition coefficient (Wildman–Crippen LogP) is 3.92. The smallest absolute Gasteiger partial charge is 0.251 e. The average Bonchev–Trinajstić information content (AvgIpc) is 2.66. The molecule has 3 heteroatoms. The van der Waals surface area contributed by atoms with Crippen molar-refractivity contribution in [3.05, 3.63) is 65.7 Å². The number of fused-ring (bicyclic) bond motifs is 1. The number of aliphatic imine (C=N–C) groups is 1. The van der Waals surface area contributed by atoms with E-state index in [9.17, 15) is 4.79 Å². The van der Waals surface area contributed by atoms with Crippen LogP contribution in [-0.4, -0.2) is 24.7 Å². The number of carbonyl (C=O) groups excluding carboxylic acids is 1. The third kappa shape index (κ3) is 3.04. The Morgan fingerprint density at radius 1 is 1.04 bits per heavy atom. The van der Waals surface area contributed by atoms with Crippen LogP contribution in [0.15, 0.2) is 59.6 Å². The van der Waals surface area contributed by atoms with Gasteiger partial charge in [-0.05, 0) is 18.4 Å². The Morgan fingerprint density at radius 3 is 2.39 bits per heavy atom. The fourth-order valence-corrected chi connectivity index (χ4v) is 3.02. The summed E-state index contributed by atoms with van der Waals surface area (Å²) >= 11 is 0. The summed E-state index contributed by atoms with van der Waals surface area (Å²) in [6, 6.07) is 17.8. The fraction of sp³-hybridized carbons (Fsp3) is 0.300. The second-order valence-corrected chi connectivity index (χ2v) is 6.40. The first-order valence-corrected chi connectivity index (χ1v) is 8.08. The van der Waals surface area contributed by atoms with E-state index in [1.807, 2.05) is 49.5 Å². The zero-order valence-corrected chi connectivity index (χ0v) is 13.9. The molecule has 23 heavy (non-hydrogen) atoms. The number of hydrogen-bond donors (Lipinski definition) is 0. The van der Waals surface area contributed by atoms with Crippen LogP contribution in [-0.2, 0) is 4.79 Å². The van der Waals surface area contributed by atoms with Gasteiger partial charge in [0.2, 0.25) is 0 Å². The molecule has 1 amide bonds. The van der Waals surface area contributed by atoms with E-state index in [1.54, 1.807) is 4.90 Å². The Hall–Kier alpha value is -2.42. The Kier molecular flexibility index (Phi) is 4.28. The van der Waals surface area contributed by atoms with E-state index in [0.717, 1.165) is 28.9 Å². The van der Waals surface area contributed by atoms with Gasteiger partial charge in [-0.15, -0.1) is 0 Å². The summed E-state index contributed by atoms with van der Waals surface area (Å²) in [6.07, 6.45) is 0.757. The van der Waals surface area contributed by atoms with Crippen molar-refractivity contribution in [2.45, 2.75) is 26.3 Å². The summed E-state index contributed by atoms with van der Waals surface area (Å²) in [5, 5.41) is 0. The lowest BCUT2D eigenvalue weighted by atomic mass is 10.00. The van der Waals surface area contributed by atoms with Crippen LogP contribution in [0.1, 0.15) is 31.4 Å². The van der Waals surface area contributed by atoms with Gasteiger partial charge in [0.15, 0.2) is 0 Å². The molecule has 1 aliphatic heterocycles. The summed E-state index contributed by atoms with van der Waals surface area (Å²) in [4.78, 5) is 19.5. The molecule has 2 aromatic carbocycles. The third-order valence-corrected chi connectivity index (χ3v) is 4.16. The van der Waals surface area contributed by atoms with Gasteiger partial charge >= 0.3 is 0 Å². The summed E-state index contributed by atoms with van der Waals surface area (Å²) in [7, 11) is 1.85. The molecule has 0 unspecified atom stereocenters. The highest BCUT2D eigenvalue weighted by Gasteiger charge is 2.29. The number of para-hydroxylation sites is 1. The first kappa shape index (κ1) is 15.5. The number of carbonyl (C=O) groups is 1. The molecular weight excluding hydrogens is 284 g/mol. The molecule has 0 saturated carbocycles. The minimum Gasteiger partial charge on any atom is -0.313 e. The first-order valence-electron chi connectivity index (χ1n) is 8.08. The van der Waals surface area contributed by atoms with Gasteiger partial charge in [-0.3, -0.25) is 9.79 Å². The van der Waals surface area contributed by atoms with Crippen molar-refractivity contribution < 1.29 is 4.79 Å². The van der Waals surface area contributed by atoms with Gasteiger partial charge in [0, 0.05) is 18.2 Å². The molecule has 0 saturated heterocycles. The van der Waals surface area contributed by atoms with Gasteiger partial charge in [-0.25, -0.2) is 0 Å². The van der Waals surface area contributed by atoms with Crippen molar-refractivity contribution >= 4 is 17.3 Å². The Balaban J connectivity index is 2.18. The normalized spacial score (nSPS) is 17.7. The molecule has 0 radical (unpaired) electrons. The van der Waals surface area contributed by atoms with Crippen LogP contribution in [0.4, 0.5) is 5.69 Å². The third-order valence-electron chi connectivity index (χ3n) is 4.16. The Labute approximate surface area is 137 Å². The van der Waals surface area contributed by atoms with Crippen LogP contribution in [0, 0.1) is 5.92 Å². The molecular formula is C20H22N2O. The van der Waals surface area contributed by atoms with E-state index in [1.165, 1.54) is 0 Å². The average molecular weight is 306 g/mol. The second kappa shape index (κ2) is 6.37. The van der Waals surface area contributed by atoms with E-state index in [-0.39, 0.29) is 11.9 Å². The van der Waals surface area contributed by atoms with E-state index in [4.69, 9.17) is 4.99 Å². The van der Waals surface area contributed by atoms with Crippen LogP contribution in [0.3, 0.4) is 0 Å². The molecule has 0 fully saturated rings. The molecule has 3 rings (SSSR count). The minimum atomic E-state index is -0.331. The highest BCUT2D eigenvalue weighted by Crippen LogP contribution is 2.28. The molecule has 0 bridgehead atoms. The van der Waals surface area contributed by atoms with Gasteiger partial charge in [0.05, 0.1) is 11.4 Å². The van der Waals surface area contributed by atoms with Crippen molar-refractivity contribution in [3.8, 4) is 0 Å². The van der Waals surface area contributed by atoms with Gasteiger partial charge in [0.1, 0.15) is 6.04 Å². The number of rotatable bonds is 3. The Morgan fingerprint density at radius 2 is 1.70 bits per heavy atom. The second-order valence-electron chi connectivity index (χ2n) is 6.40. The number of benzene rings is 2. The summed E-state index contributed by atoms with van der Waals surface area (Å²) in [5.74, 6) is 0.483. The van der Waals surface area contributed by atoms with Crippen LogP contribution in [0.5, 0.6) is 0 Å². The van der Waals surface area contributed by atoms with E-state index in [2.05, 4.69) is 26.0 Å². The van der Waals surface area contributed by atoms with Crippen molar-refractivity contribution in [1.82, 2.24) is 0 Å². The summed E-state index contributed by atoms with van der Waals surface area (Å²) < 4.78 is 0. The highest BCUT2D eigenvalue weighted by atomic mass is 16.2. The standard InChI is InChI=1S/C20H22N2O/c1-14(2)13-17-20(23)22(3)18-12-8-7-11-16(18)19(21-17)15-9-5-4-6-10-15/h4-12,14,17H,13H2,1-3H3/t17-/m0/s1.